The Hall–Kier alpha value is -2.14. The molecule has 0 atom stereocenters. The first-order chi connectivity index (χ1) is 12.1. The SMILES string of the molecule is Cc1cccc(C(=O)N2CCCN(C(=O)c3ccccc3Br)CC2)c1. The van der Waals surface area contributed by atoms with E-state index >= 15 is 0 Å². The Bertz CT molecular complexity index is 791. The highest BCUT2D eigenvalue weighted by atomic mass is 79.9. The van der Waals surface area contributed by atoms with Crippen molar-refractivity contribution in [3.8, 4) is 0 Å². The molecule has 1 aliphatic rings. The Labute approximate surface area is 156 Å². The monoisotopic (exact) mass is 400 g/mol. The van der Waals surface area contributed by atoms with Crippen LogP contribution in [0.3, 0.4) is 0 Å². The molecule has 1 heterocycles. The van der Waals surface area contributed by atoms with Crippen molar-refractivity contribution in [3.05, 3.63) is 69.7 Å². The van der Waals surface area contributed by atoms with E-state index in [0.717, 1.165) is 16.5 Å². The molecule has 0 bridgehead atoms. The van der Waals surface area contributed by atoms with Gasteiger partial charge in [0.2, 0.25) is 0 Å². The molecule has 0 unspecified atom stereocenters. The molecule has 1 aliphatic heterocycles. The normalized spacial score (nSPS) is 15.0. The fraction of sp³-hybridized carbons (Fsp3) is 0.300. The van der Waals surface area contributed by atoms with E-state index in [2.05, 4.69) is 15.9 Å². The van der Waals surface area contributed by atoms with Crippen LogP contribution in [0.1, 0.15) is 32.7 Å². The minimum absolute atomic E-state index is 0.0114. The number of benzene rings is 2. The fourth-order valence-corrected chi connectivity index (χ4v) is 3.54. The second-order valence-corrected chi connectivity index (χ2v) is 7.14. The van der Waals surface area contributed by atoms with E-state index < -0.39 is 0 Å². The number of hydrogen-bond donors (Lipinski definition) is 0. The summed E-state index contributed by atoms with van der Waals surface area (Å²) in [6, 6.07) is 15.1. The summed E-state index contributed by atoms with van der Waals surface area (Å²) in [5.41, 5.74) is 2.46. The van der Waals surface area contributed by atoms with Crippen LogP contribution < -0.4 is 0 Å². The summed E-state index contributed by atoms with van der Waals surface area (Å²) in [6.45, 7) is 4.43. The van der Waals surface area contributed by atoms with Gasteiger partial charge >= 0.3 is 0 Å². The van der Waals surface area contributed by atoms with Crippen LogP contribution in [0.4, 0.5) is 0 Å². The third kappa shape index (κ3) is 4.10. The zero-order valence-corrected chi connectivity index (χ0v) is 15.8. The van der Waals surface area contributed by atoms with Gasteiger partial charge in [0.25, 0.3) is 11.8 Å². The Morgan fingerprint density at radius 3 is 2.24 bits per heavy atom. The minimum atomic E-state index is 0.0114. The second-order valence-electron chi connectivity index (χ2n) is 6.29. The van der Waals surface area contributed by atoms with Crippen molar-refractivity contribution in [2.75, 3.05) is 26.2 Å². The first-order valence-electron chi connectivity index (χ1n) is 8.46. The van der Waals surface area contributed by atoms with E-state index in [1.165, 1.54) is 0 Å². The van der Waals surface area contributed by atoms with E-state index in [-0.39, 0.29) is 11.8 Å². The third-order valence-electron chi connectivity index (χ3n) is 4.44. The molecule has 2 aromatic carbocycles. The van der Waals surface area contributed by atoms with Gasteiger partial charge in [-0.1, -0.05) is 29.8 Å². The van der Waals surface area contributed by atoms with Crippen molar-refractivity contribution in [1.82, 2.24) is 9.80 Å². The van der Waals surface area contributed by atoms with Crippen LogP contribution in [0.25, 0.3) is 0 Å². The molecule has 0 spiro atoms. The van der Waals surface area contributed by atoms with Crippen molar-refractivity contribution in [3.63, 3.8) is 0 Å². The number of aryl methyl sites for hydroxylation is 1. The van der Waals surface area contributed by atoms with Gasteiger partial charge in [0.05, 0.1) is 5.56 Å². The first-order valence-corrected chi connectivity index (χ1v) is 9.25. The predicted molar refractivity (Wildman–Crippen MR) is 102 cm³/mol. The lowest BCUT2D eigenvalue weighted by Gasteiger charge is -2.22. The van der Waals surface area contributed by atoms with E-state index in [0.29, 0.717) is 37.3 Å². The van der Waals surface area contributed by atoms with Gasteiger partial charge < -0.3 is 9.80 Å². The van der Waals surface area contributed by atoms with Crippen molar-refractivity contribution in [2.24, 2.45) is 0 Å². The number of rotatable bonds is 2. The quantitative estimate of drug-likeness (QED) is 0.769. The summed E-state index contributed by atoms with van der Waals surface area (Å²) < 4.78 is 0.803. The molecule has 0 radical (unpaired) electrons. The van der Waals surface area contributed by atoms with Crippen LogP contribution in [0, 0.1) is 6.92 Å². The molecule has 2 aromatic rings. The van der Waals surface area contributed by atoms with Crippen molar-refractivity contribution in [2.45, 2.75) is 13.3 Å². The Kier molecular flexibility index (Phi) is 5.53. The van der Waals surface area contributed by atoms with Gasteiger partial charge in [-0.2, -0.15) is 0 Å². The van der Waals surface area contributed by atoms with Crippen LogP contribution in [0.2, 0.25) is 0 Å². The lowest BCUT2D eigenvalue weighted by Crippen LogP contribution is -2.37. The van der Waals surface area contributed by atoms with E-state index in [1.807, 2.05) is 65.3 Å². The molecule has 1 saturated heterocycles. The van der Waals surface area contributed by atoms with Crippen LogP contribution in [0.15, 0.2) is 53.0 Å². The van der Waals surface area contributed by atoms with Crippen molar-refractivity contribution in [1.29, 1.82) is 0 Å². The molecule has 130 valence electrons. The molecule has 5 heteroatoms. The van der Waals surface area contributed by atoms with Crippen molar-refractivity contribution < 1.29 is 9.59 Å². The fourth-order valence-electron chi connectivity index (χ4n) is 3.09. The molecule has 25 heavy (non-hydrogen) atoms. The standard InChI is InChI=1S/C20H21BrN2O2/c1-15-6-4-7-16(14-15)19(24)22-10-5-11-23(13-12-22)20(25)17-8-2-3-9-18(17)21/h2-4,6-9,14H,5,10-13H2,1H3. The molecule has 0 aliphatic carbocycles. The van der Waals surface area contributed by atoms with Gasteiger partial charge in [-0.05, 0) is 53.5 Å². The lowest BCUT2D eigenvalue weighted by atomic mass is 10.1. The van der Waals surface area contributed by atoms with Crippen molar-refractivity contribution >= 4 is 27.7 Å². The molecule has 2 amide bonds. The lowest BCUT2D eigenvalue weighted by molar-refractivity contribution is 0.0718. The number of amides is 2. The number of nitrogens with zero attached hydrogens (tertiary/aromatic N) is 2. The van der Waals surface area contributed by atoms with Gasteiger partial charge in [-0.15, -0.1) is 0 Å². The average Bonchev–Trinajstić information content (AvgIpc) is 2.87. The molecule has 0 aromatic heterocycles. The average molecular weight is 401 g/mol. The number of hydrogen-bond acceptors (Lipinski definition) is 2. The first kappa shape index (κ1) is 17.7. The van der Waals surface area contributed by atoms with Gasteiger partial charge in [0.15, 0.2) is 0 Å². The summed E-state index contributed by atoms with van der Waals surface area (Å²) in [6.07, 6.45) is 0.785. The largest absolute Gasteiger partial charge is 0.337 e. The van der Waals surface area contributed by atoms with Gasteiger partial charge in [-0.25, -0.2) is 0 Å². The molecule has 3 rings (SSSR count). The molecule has 1 fully saturated rings. The third-order valence-corrected chi connectivity index (χ3v) is 5.13. The summed E-state index contributed by atoms with van der Waals surface area (Å²) in [4.78, 5) is 29.2. The van der Waals surface area contributed by atoms with E-state index in [4.69, 9.17) is 0 Å². The van der Waals surface area contributed by atoms with Gasteiger partial charge in [0.1, 0.15) is 0 Å². The molecule has 0 N–H and O–H groups in total. The number of carbonyl (C=O) groups is 2. The molecule has 0 saturated carbocycles. The molecule has 4 nitrogen and oxygen atoms in total. The predicted octanol–water partition coefficient (Wildman–Crippen LogP) is 3.75. The smallest absolute Gasteiger partial charge is 0.255 e. The van der Waals surface area contributed by atoms with E-state index in [9.17, 15) is 9.59 Å². The summed E-state index contributed by atoms with van der Waals surface area (Å²) in [5.74, 6) is 0.0521. The van der Waals surface area contributed by atoms with E-state index in [1.54, 1.807) is 0 Å². The maximum Gasteiger partial charge on any atom is 0.255 e. The summed E-state index contributed by atoms with van der Waals surface area (Å²) in [7, 11) is 0. The Morgan fingerprint density at radius 1 is 0.880 bits per heavy atom. The minimum Gasteiger partial charge on any atom is -0.337 e. The van der Waals surface area contributed by atoms with Crippen LogP contribution >= 0.6 is 15.9 Å². The second kappa shape index (κ2) is 7.83. The highest BCUT2D eigenvalue weighted by Crippen LogP contribution is 2.19. The summed E-state index contributed by atoms with van der Waals surface area (Å²) in [5, 5.41) is 0. The molecular weight excluding hydrogens is 380 g/mol. The van der Waals surface area contributed by atoms with Gasteiger partial charge in [0, 0.05) is 36.2 Å². The maximum atomic E-state index is 12.8. The van der Waals surface area contributed by atoms with Gasteiger partial charge in [-0.3, -0.25) is 9.59 Å². The zero-order valence-electron chi connectivity index (χ0n) is 14.2. The topological polar surface area (TPSA) is 40.6 Å². The highest BCUT2D eigenvalue weighted by molar-refractivity contribution is 9.10. The maximum absolute atomic E-state index is 12.8. The summed E-state index contributed by atoms with van der Waals surface area (Å²) >= 11 is 3.44. The zero-order chi connectivity index (χ0) is 17.8. The van der Waals surface area contributed by atoms with Crippen LogP contribution in [0.5, 0.6) is 0 Å². The van der Waals surface area contributed by atoms with Crippen LogP contribution in [-0.4, -0.2) is 47.8 Å². The molecular formula is C20H21BrN2O2. The number of carbonyl (C=O) groups excluding carboxylic acids is 2. The highest BCUT2D eigenvalue weighted by Gasteiger charge is 2.24. The van der Waals surface area contributed by atoms with Crippen LogP contribution in [-0.2, 0) is 0 Å². The Morgan fingerprint density at radius 2 is 1.56 bits per heavy atom. The number of halogens is 1. The Balaban J connectivity index is 1.69.